The number of carbonyl (C=O) groups is 1. The molecular formula is C16H19BrN2O3. The second kappa shape index (κ2) is 4.54. The number of nitrogens with one attached hydrogen (secondary N) is 1. The van der Waals surface area contributed by atoms with Gasteiger partial charge in [0.2, 0.25) is 5.91 Å². The lowest BCUT2D eigenvalue weighted by molar-refractivity contribution is -0.383. The fraction of sp³-hybridized carbons (Fsp3) is 0.562. The van der Waals surface area contributed by atoms with Gasteiger partial charge < -0.3 is 5.32 Å². The quantitative estimate of drug-likeness (QED) is 0.496. The molecule has 0 aromatic heterocycles. The first-order valence-corrected chi connectivity index (χ1v) is 8.29. The topological polar surface area (TPSA) is 72.2 Å². The third-order valence-electron chi connectivity index (χ3n) is 6.33. The Morgan fingerprint density at radius 2 is 1.95 bits per heavy atom. The van der Waals surface area contributed by atoms with Gasteiger partial charge in [0.1, 0.15) is 5.69 Å². The average molecular weight is 367 g/mol. The van der Waals surface area contributed by atoms with Crippen LogP contribution < -0.4 is 5.32 Å². The molecule has 118 valence electrons. The van der Waals surface area contributed by atoms with Crippen molar-refractivity contribution in [1.82, 2.24) is 0 Å². The fourth-order valence-corrected chi connectivity index (χ4v) is 6.24. The number of alkyl halides is 1. The summed E-state index contributed by atoms with van der Waals surface area (Å²) in [5, 5.41) is 13.9. The zero-order valence-corrected chi connectivity index (χ0v) is 14.4. The molecule has 0 saturated heterocycles. The molecule has 2 bridgehead atoms. The van der Waals surface area contributed by atoms with Crippen LogP contribution in [0.2, 0.25) is 0 Å². The number of hydrogen-bond donors (Lipinski definition) is 1. The highest BCUT2D eigenvalue weighted by molar-refractivity contribution is 9.09. The number of nitrogens with zero attached hydrogens (tertiary/aromatic N) is 1. The van der Waals surface area contributed by atoms with Gasteiger partial charge in [-0.15, -0.1) is 0 Å². The van der Waals surface area contributed by atoms with Gasteiger partial charge in [0, 0.05) is 10.9 Å². The standard InChI is InChI=1S/C16H19BrN2O3/c1-14(2)15(3)8-9-16(14,12(15)17)13(20)18-10-6-4-5-7-11(10)19(21)22/h4-7,12H,8-9H2,1-3H3,(H,18,20). The summed E-state index contributed by atoms with van der Waals surface area (Å²) >= 11 is 3.71. The number of para-hydroxylation sites is 2. The average Bonchev–Trinajstić information content (AvgIpc) is 2.87. The molecule has 6 heteroatoms. The minimum atomic E-state index is -0.508. The largest absolute Gasteiger partial charge is 0.320 e. The van der Waals surface area contributed by atoms with Gasteiger partial charge in [0.25, 0.3) is 5.69 Å². The van der Waals surface area contributed by atoms with Crippen molar-refractivity contribution in [2.45, 2.75) is 38.4 Å². The van der Waals surface area contributed by atoms with E-state index in [2.05, 4.69) is 42.0 Å². The van der Waals surface area contributed by atoms with Crippen LogP contribution in [0, 0.1) is 26.4 Å². The van der Waals surface area contributed by atoms with Crippen LogP contribution in [-0.4, -0.2) is 15.7 Å². The summed E-state index contributed by atoms with van der Waals surface area (Å²) < 4.78 is 0. The molecule has 1 N–H and O–H groups in total. The zero-order chi connectivity index (χ0) is 16.3. The zero-order valence-electron chi connectivity index (χ0n) is 12.9. The summed E-state index contributed by atoms with van der Waals surface area (Å²) in [7, 11) is 0. The Hall–Kier alpha value is -1.43. The Morgan fingerprint density at radius 3 is 2.45 bits per heavy atom. The first-order chi connectivity index (χ1) is 10.2. The molecule has 1 aromatic rings. The highest BCUT2D eigenvalue weighted by Crippen LogP contribution is 2.79. The van der Waals surface area contributed by atoms with Gasteiger partial charge in [-0.2, -0.15) is 0 Å². The highest BCUT2D eigenvalue weighted by Gasteiger charge is 2.80. The second-order valence-electron chi connectivity index (χ2n) is 7.10. The van der Waals surface area contributed by atoms with Crippen molar-refractivity contribution in [1.29, 1.82) is 0 Å². The smallest absolute Gasteiger partial charge is 0.292 e. The first kappa shape index (κ1) is 15.5. The summed E-state index contributed by atoms with van der Waals surface area (Å²) in [5.41, 5.74) is -0.362. The predicted octanol–water partition coefficient (Wildman–Crippen LogP) is 4.12. The summed E-state index contributed by atoms with van der Waals surface area (Å²) in [6, 6.07) is 6.27. The first-order valence-electron chi connectivity index (χ1n) is 7.37. The number of anilines is 1. The summed E-state index contributed by atoms with van der Waals surface area (Å²) in [5.74, 6) is -0.122. The molecule has 3 aliphatic carbocycles. The van der Waals surface area contributed by atoms with Crippen LogP contribution in [-0.2, 0) is 4.79 Å². The second-order valence-corrected chi connectivity index (χ2v) is 8.02. The van der Waals surface area contributed by atoms with E-state index in [1.807, 2.05) is 0 Å². The lowest BCUT2D eigenvalue weighted by Gasteiger charge is -2.64. The molecule has 3 atom stereocenters. The predicted molar refractivity (Wildman–Crippen MR) is 88.0 cm³/mol. The molecule has 4 rings (SSSR count). The Morgan fingerprint density at radius 1 is 1.32 bits per heavy atom. The van der Waals surface area contributed by atoms with E-state index in [0.717, 1.165) is 12.8 Å². The molecule has 0 aliphatic heterocycles. The van der Waals surface area contributed by atoms with Gasteiger partial charge in [-0.25, -0.2) is 0 Å². The maximum atomic E-state index is 13.0. The van der Waals surface area contributed by atoms with Crippen LogP contribution in [0.5, 0.6) is 0 Å². The van der Waals surface area contributed by atoms with E-state index in [-0.39, 0.29) is 32.9 Å². The van der Waals surface area contributed by atoms with Crippen molar-refractivity contribution in [2.24, 2.45) is 16.2 Å². The van der Waals surface area contributed by atoms with Gasteiger partial charge in [0.15, 0.2) is 0 Å². The van der Waals surface area contributed by atoms with E-state index in [9.17, 15) is 14.9 Å². The summed E-state index contributed by atoms with van der Waals surface area (Å²) in [6.07, 6.45) is 1.79. The molecule has 0 heterocycles. The minimum Gasteiger partial charge on any atom is -0.320 e. The molecule has 0 radical (unpaired) electrons. The number of nitro benzene ring substituents is 1. The van der Waals surface area contributed by atoms with E-state index in [0.29, 0.717) is 0 Å². The molecule has 1 amide bonds. The lowest BCUT2D eigenvalue weighted by atomic mass is 9.43. The Balaban J connectivity index is 1.93. The fourth-order valence-electron chi connectivity index (χ4n) is 4.43. The monoisotopic (exact) mass is 366 g/mol. The van der Waals surface area contributed by atoms with Crippen LogP contribution >= 0.6 is 15.9 Å². The van der Waals surface area contributed by atoms with Crippen molar-refractivity contribution in [3.63, 3.8) is 0 Å². The molecule has 5 nitrogen and oxygen atoms in total. The molecule has 0 spiro atoms. The molecule has 3 fully saturated rings. The van der Waals surface area contributed by atoms with E-state index < -0.39 is 10.3 Å². The Labute approximate surface area is 137 Å². The molecule has 22 heavy (non-hydrogen) atoms. The number of amides is 1. The Kier molecular flexibility index (Phi) is 3.19. The van der Waals surface area contributed by atoms with Crippen molar-refractivity contribution < 1.29 is 9.72 Å². The van der Waals surface area contributed by atoms with Gasteiger partial charge in [-0.3, -0.25) is 14.9 Å². The van der Waals surface area contributed by atoms with Crippen LogP contribution in [0.3, 0.4) is 0 Å². The lowest BCUT2D eigenvalue weighted by Crippen LogP contribution is -2.68. The summed E-state index contributed by atoms with van der Waals surface area (Å²) in [4.78, 5) is 23.7. The normalized spacial score (nSPS) is 34.8. The van der Waals surface area contributed by atoms with Gasteiger partial charge >= 0.3 is 0 Å². The number of fused-ring (bicyclic) bond motifs is 1. The molecular weight excluding hydrogens is 348 g/mol. The van der Waals surface area contributed by atoms with Gasteiger partial charge in [0.05, 0.1) is 10.3 Å². The third-order valence-corrected chi connectivity index (χ3v) is 8.12. The third kappa shape index (κ3) is 1.56. The SMILES string of the molecule is CC12CCC(C(=O)Nc3ccccc3[N+](=O)[O-])(C1Br)C2(C)C. The van der Waals surface area contributed by atoms with Crippen molar-refractivity contribution in [2.75, 3.05) is 5.32 Å². The number of benzene rings is 1. The maximum absolute atomic E-state index is 13.0. The highest BCUT2D eigenvalue weighted by atomic mass is 79.9. The van der Waals surface area contributed by atoms with Gasteiger partial charge in [-0.05, 0) is 29.7 Å². The van der Waals surface area contributed by atoms with Crippen LogP contribution in [0.15, 0.2) is 24.3 Å². The summed E-state index contributed by atoms with van der Waals surface area (Å²) in [6.45, 7) is 6.45. The van der Waals surface area contributed by atoms with Crippen molar-refractivity contribution >= 4 is 33.2 Å². The molecule has 3 unspecified atom stereocenters. The number of carbonyl (C=O) groups excluding carboxylic acids is 1. The number of halogens is 1. The number of rotatable bonds is 3. The molecule has 3 aliphatic rings. The number of hydrogen-bond acceptors (Lipinski definition) is 3. The van der Waals surface area contributed by atoms with Crippen LogP contribution in [0.4, 0.5) is 11.4 Å². The molecule has 1 aromatic carbocycles. The van der Waals surface area contributed by atoms with Gasteiger partial charge in [-0.1, -0.05) is 48.8 Å². The molecule has 3 saturated carbocycles. The minimum absolute atomic E-state index is 0.0729. The maximum Gasteiger partial charge on any atom is 0.292 e. The van der Waals surface area contributed by atoms with Crippen LogP contribution in [0.1, 0.15) is 33.6 Å². The van der Waals surface area contributed by atoms with E-state index in [1.54, 1.807) is 18.2 Å². The van der Waals surface area contributed by atoms with E-state index in [1.165, 1.54) is 6.07 Å². The van der Waals surface area contributed by atoms with Crippen molar-refractivity contribution in [3.8, 4) is 0 Å². The number of nitro groups is 1. The van der Waals surface area contributed by atoms with Crippen molar-refractivity contribution in [3.05, 3.63) is 34.4 Å². The van der Waals surface area contributed by atoms with E-state index >= 15 is 0 Å². The van der Waals surface area contributed by atoms with E-state index in [4.69, 9.17) is 0 Å². The van der Waals surface area contributed by atoms with Crippen LogP contribution in [0.25, 0.3) is 0 Å². The Bertz CT molecular complexity index is 675.